The minimum atomic E-state index is -0.671. The number of rotatable bonds is 9. The van der Waals surface area contributed by atoms with Gasteiger partial charge in [-0.2, -0.15) is 0 Å². The monoisotopic (exact) mass is 494 g/mol. The summed E-state index contributed by atoms with van der Waals surface area (Å²) in [5.74, 6) is 1.94. The van der Waals surface area contributed by atoms with Crippen molar-refractivity contribution in [1.29, 1.82) is 0 Å². The first-order valence-electron chi connectivity index (χ1n) is 12.5. The fraction of sp³-hybridized carbons (Fsp3) is 0.219. The number of anilines is 1. The van der Waals surface area contributed by atoms with Crippen LogP contribution in [-0.4, -0.2) is 21.7 Å². The molecule has 5 heteroatoms. The van der Waals surface area contributed by atoms with E-state index in [1.807, 2.05) is 74.5 Å². The Balaban J connectivity index is 2.00. The third kappa shape index (κ3) is 5.82. The first kappa shape index (κ1) is 25.9. The Bertz CT molecular complexity index is 1380. The molecular weight excluding hydrogens is 463 g/mol. The highest BCUT2D eigenvalue weighted by atomic mass is 19.1. The second-order valence-corrected chi connectivity index (χ2v) is 9.33. The molecule has 0 aliphatic carbocycles. The lowest BCUT2D eigenvalue weighted by Gasteiger charge is -2.18. The van der Waals surface area contributed by atoms with E-state index in [0.717, 1.165) is 28.1 Å². The molecule has 3 aromatic carbocycles. The number of amides is 1. The summed E-state index contributed by atoms with van der Waals surface area (Å²) in [6, 6.07) is 25.4. The largest absolute Gasteiger partial charge is 0.392 e. The summed E-state index contributed by atoms with van der Waals surface area (Å²) in [6.45, 7) is 4.54. The van der Waals surface area contributed by atoms with Crippen molar-refractivity contribution < 1.29 is 14.3 Å². The number of benzene rings is 3. The van der Waals surface area contributed by atoms with Gasteiger partial charge in [-0.25, -0.2) is 4.39 Å². The number of hydrogen-bond donors (Lipinski definition) is 2. The summed E-state index contributed by atoms with van der Waals surface area (Å²) in [5, 5.41) is 13.5. The van der Waals surface area contributed by atoms with Crippen LogP contribution in [0.15, 0.2) is 84.9 Å². The number of carbonyl (C=O) groups excluding carboxylic acids is 1. The lowest BCUT2D eigenvalue weighted by atomic mass is 9.94. The minimum Gasteiger partial charge on any atom is -0.392 e. The number of nitrogens with one attached hydrogen (secondary N) is 1. The van der Waals surface area contributed by atoms with Crippen molar-refractivity contribution in [2.24, 2.45) is 0 Å². The lowest BCUT2D eigenvalue weighted by Crippen LogP contribution is -2.17. The molecular formula is C32H31FN2O2. The van der Waals surface area contributed by atoms with Gasteiger partial charge in [-0.1, -0.05) is 62.4 Å². The van der Waals surface area contributed by atoms with E-state index < -0.39 is 6.10 Å². The van der Waals surface area contributed by atoms with E-state index in [0.29, 0.717) is 24.2 Å². The number of hydrogen-bond acceptors (Lipinski definition) is 2. The van der Waals surface area contributed by atoms with Gasteiger partial charge in [0, 0.05) is 29.9 Å². The van der Waals surface area contributed by atoms with E-state index in [1.54, 1.807) is 12.1 Å². The SMILES string of the molecule is C#CC[C@H](O)CCn1c(-c2ccc(F)cc2)c(-c2ccccc2)c(C(=O)Nc2ccccc2)c1C(C)C. The summed E-state index contributed by atoms with van der Waals surface area (Å²) >= 11 is 0. The fourth-order valence-electron chi connectivity index (χ4n) is 4.72. The quantitative estimate of drug-likeness (QED) is 0.244. The molecule has 1 amide bonds. The van der Waals surface area contributed by atoms with E-state index >= 15 is 0 Å². The summed E-state index contributed by atoms with van der Waals surface area (Å²) in [5.41, 5.74) is 5.35. The van der Waals surface area contributed by atoms with Crippen molar-refractivity contribution in [2.45, 2.75) is 45.3 Å². The molecule has 2 N–H and O–H groups in total. The molecule has 4 rings (SSSR count). The Morgan fingerprint density at radius 1 is 0.973 bits per heavy atom. The van der Waals surface area contributed by atoms with Crippen molar-refractivity contribution in [1.82, 2.24) is 4.57 Å². The van der Waals surface area contributed by atoms with Crippen molar-refractivity contribution in [2.75, 3.05) is 5.32 Å². The van der Waals surface area contributed by atoms with Gasteiger partial charge in [0.2, 0.25) is 0 Å². The second-order valence-electron chi connectivity index (χ2n) is 9.33. The number of nitrogens with zero attached hydrogens (tertiary/aromatic N) is 1. The highest BCUT2D eigenvalue weighted by Gasteiger charge is 2.30. The molecule has 0 aliphatic rings. The van der Waals surface area contributed by atoms with Gasteiger partial charge in [0.1, 0.15) is 5.82 Å². The van der Waals surface area contributed by atoms with Crippen LogP contribution in [0.2, 0.25) is 0 Å². The van der Waals surface area contributed by atoms with Crippen molar-refractivity contribution in [3.63, 3.8) is 0 Å². The maximum Gasteiger partial charge on any atom is 0.258 e. The van der Waals surface area contributed by atoms with Gasteiger partial charge in [0.05, 0.1) is 17.4 Å². The van der Waals surface area contributed by atoms with E-state index in [-0.39, 0.29) is 24.1 Å². The summed E-state index contributed by atoms with van der Waals surface area (Å²) in [4.78, 5) is 14.0. The van der Waals surface area contributed by atoms with Crippen LogP contribution in [0.3, 0.4) is 0 Å². The standard InChI is InChI=1S/C32H31FN2O2/c1-4-11-27(36)20-21-35-30(22(2)3)29(32(37)34-26-14-9-6-10-15-26)28(23-12-7-5-8-13-23)31(35)24-16-18-25(33)19-17-24/h1,5-10,12-19,22,27,36H,11,20-21H2,2-3H3,(H,34,37)/t27-/m0/s1. The van der Waals surface area contributed by atoms with Crippen LogP contribution in [0.1, 0.15) is 48.7 Å². The average molecular weight is 495 g/mol. The van der Waals surface area contributed by atoms with Gasteiger partial charge in [0.15, 0.2) is 0 Å². The first-order chi connectivity index (χ1) is 17.9. The average Bonchev–Trinajstić information content (AvgIpc) is 3.25. The maximum atomic E-state index is 14.0. The van der Waals surface area contributed by atoms with Gasteiger partial charge in [-0.15, -0.1) is 12.3 Å². The number of terminal acetylenes is 1. The summed E-state index contributed by atoms with van der Waals surface area (Å²) < 4.78 is 16.0. The molecule has 1 heterocycles. The Morgan fingerprint density at radius 3 is 2.19 bits per heavy atom. The molecule has 0 bridgehead atoms. The third-order valence-electron chi connectivity index (χ3n) is 6.33. The summed E-state index contributed by atoms with van der Waals surface area (Å²) in [7, 11) is 0. The van der Waals surface area contributed by atoms with E-state index in [4.69, 9.17) is 6.42 Å². The Labute approximate surface area is 217 Å². The van der Waals surface area contributed by atoms with Crippen LogP contribution in [0.25, 0.3) is 22.4 Å². The topological polar surface area (TPSA) is 54.3 Å². The molecule has 0 saturated carbocycles. The number of aliphatic hydroxyl groups is 1. The zero-order valence-electron chi connectivity index (χ0n) is 21.1. The van der Waals surface area contributed by atoms with Crippen LogP contribution >= 0.6 is 0 Å². The minimum absolute atomic E-state index is 0.0158. The number of carbonyl (C=O) groups is 1. The molecule has 1 atom stereocenters. The smallest absolute Gasteiger partial charge is 0.258 e. The van der Waals surface area contributed by atoms with Gasteiger partial charge < -0.3 is 15.0 Å². The molecule has 4 nitrogen and oxygen atoms in total. The van der Waals surface area contributed by atoms with Crippen molar-refractivity contribution in [3.05, 3.63) is 102 Å². The van der Waals surface area contributed by atoms with Crippen LogP contribution in [0.5, 0.6) is 0 Å². The summed E-state index contributed by atoms with van der Waals surface area (Å²) in [6.07, 6.45) is 5.42. The normalized spacial score (nSPS) is 11.8. The van der Waals surface area contributed by atoms with Crippen LogP contribution in [0.4, 0.5) is 10.1 Å². The molecule has 0 saturated heterocycles. The Morgan fingerprint density at radius 2 is 1.59 bits per heavy atom. The zero-order valence-corrected chi connectivity index (χ0v) is 21.1. The number of para-hydroxylation sites is 1. The molecule has 0 aliphatic heterocycles. The van der Waals surface area contributed by atoms with Gasteiger partial charge in [-0.3, -0.25) is 4.79 Å². The number of halogens is 1. The Kier molecular flexibility index (Phi) is 8.22. The molecule has 0 radical (unpaired) electrons. The van der Waals surface area contributed by atoms with E-state index in [1.165, 1.54) is 12.1 Å². The highest BCUT2D eigenvalue weighted by molar-refractivity contribution is 6.12. The van der Waals surface area contributed by atoms with Crippen molar-refractivity contribution >= 4 is 11.6 Å². The predicted octanol–water partition coefficient (Wildman–Crippen LogP) is 7.11. The molecule has 4 aromatic rings. The van der Waals surface area contributed by atoms with Gasteiger partial charge in [-0.05, 0) is 59.9 Å². The number of aromatic nitrogens is 1. The van der Waals surface area contributed by atoms with Gasteiger partial charge >= 0.3 is 0 Å². The lowest BCUT2D eigenvalue weighted by molar-refractivity contribution is 0.102. The highest BCUT2D eigenvalue weighted by Crippen LogP contribution is 2.42. The molecule has 1 aromatic heterocycles. The molecule has 0 fully saturated rings. The first-order valence-corrected chi connectivity index (χ1v) is 12.5. The maximum absolute atomic E-state index is 14.0. The number of aliphatic hydroxyl groups excluding tert-OH is 1. The molecule has 37 heavy (non-hydrogen) atoms. The second kappa shape index (κ2) is 11.7. The van der Waals surface area contributed by atoms with E-state index in [9.17, 15) is 14.3 Å². The molecule has 188 valence electrons. The molecule has 0 unspecified atom stereocenters. The third-order valence-corrected chi connectivity index (χ3v) is 6.33. The van der Waals surface area contributed by atoms with Crippen molar-refractivity contribution in [3.8, 4) is 34.7 Å². The predicted molar refractivity (Wildman–Crippen MR) is 148 cm³/mol. The Hall–Kier alpha value is -4.14. The van der Waals surface area contributed by atoms with Gasteiger partial charge in [0.25, 0.3) is 5.91 Å². The van der Waals surface area contributed by atoms with Crippen LogP contribution < -0.4 is 5.32 Å². The van der Waals surface area contributed by atoms with Crippen LogP contribution in [-0.2, 0) is 6.54 Å². The van der Waals surface area contributed by atoms with E-state index in [2.05, 4.69) is 15.8 Å². The zero-order chi connectivity index (χ0) is 26.4. The molecule has 0 spiro atoms. The fourth-order valence-corrected chi connectivity index (χ4v) is 4.72. The van der Waals surface area contributed by atoms with Crippen LogP contribution in [0, 0.1) is 18.2 Å².